The first-order chi connectivity index (χ1) is 8.15. The second kappa shape index (κ2) is 4.52. The van der Waals surface area contributed by atoms with E-state index in [0.717, 1.165) is 44.9 Å². The molecule has 4 nitrogen and oxygen atoms in total. The standard InChI is InChI=1S/C12H22N2O2S/c15-17(16)7-1-2-11(17)8-14-6-5-13-12(9-14)10-3-4-10/h10-13H,1-9H2. The van der Waals surface area contributed by atoms with Gasteiger partial charge >= 0.3 is 0 Å². The molecule has 2 heterocycles. The zero-order chi connectivity index (χ0) is 11.9. The number of piperazine rings is 1. The summed E-state index contributed by atoms with van der Waals surface area (Å²) in [7, 11) is -2.77. The van der Waals surface area contributed by atoms with Crippen LogP contribution in [0.4, 0.5) is 0 Å². The van der Waals surface area contributed by atoms with Gasteiger partial charge in [-0.15, -0.1) is 0 Å². The number of nitrogens with one attached hydrogen (secondary N) is 1. The Bertz CT molecular complexity index is 378. The number of hydrogen-bond donors (Lipinski definition) is 1. The molecule has 98 valence electrons. The third-order valence-corrected chi connectivity index (χ3v) is 6.66. The van der Waals surface area contributed by atoms with Gasteiger partial charge in [0.25, 0.3) is 0 Å². The minimum absolute atomic E-state index is 0.0829. The van der Waals surface area contributed by atoms with Crippen molar-refractivity contribution in [2.24, 2.45) is 5.92 Å². The summed E-state index contributed by atoms with van der Waals surface area (Å²) < 4.78 is 23.6. The largest absolute Gasteiger partial charge is 0.311 e. The van der Waals surface area contributed by atoms with Crippen molar-refractivity contribution in [1.29, 1.82) is 0 Å². The van der Waals surface area contributed by atoms with Crippen LogP contribution in [0.2, 0.25) is 0 Å². The smallest absolute Gasteiger partial charge is 0.154 e. The molecule has 1 N–H and O–H groups in total. The number of rotatable bonds is 3. The van der Waals surface area contributed by atoms with Crippen molar-refractivity contribution < 1.29 is 8.42 Å². The minimum Gasteiger partial charge on any atom is -0.311 e. The zero-order valence-corrected chi connectivity index (χ0v) is 11.1. The molecule has 0 aromatic heterocycles. The molecule has 0 spiro atoms. The lowest BCUT2D eigenvalue weighted by atomic mass is 10.1. The van der Waals surface area contributed by atoms with Crippen LogP contribution >= 0.6 is 0 Å². The number of nitrogens with zero attached hydrogens (tertiary/aromatic N) is 1. The van der Waals surface area contributed by atoms with Gasteiger partial charge in [-0.2, -0.15) is 0 Å². The fraction of sp³-hybridized carbons (Fsp3) is 1.00. The van der Waals surface area contributed by atoms with Gasteiger partial charge in [-0.05, 0) is 31.6 Å². The summed E-state index contributed by atoms with van der Waals surface area (Å²) in [6.45, 7) is 3.85. The Morgan fingerprint density at radius 3 is 2.71 bits per heavy atom. The molecule has 3 rings (SSSR count). The summed E-state index contributed by atoms with van der Waals surface area (Å²) in [5, 5.41) is 3.48. The highest BCUT2D eigenvalue weighted by Gasteiger charge is 2.37. The molecule has 1 saturated carbocycles. The third-order valence-electron chi connectivity index (χ3n) is 4.41. The highest BCUT2D eigenvalue weighted by Crippen LogP contribution is 2.34. The molecule has 0 radical (unpaired) electrons. The van der Waals surface area contributed by atoms with Crippen molar-refractivity contribution in [3.05, 3.63) is 0 Å². The molecule has 2 atom stereocenters. The summed E-state index contributed by atoms with van der Waals surface area (Å²) >= 11 is 0. The lowest BCUT2D eigenvalue weighted by molar-refractivity contribution is 0.187. The van der Waals surface area contributed by atoms with Gasteiger partial charge in [-0.25, -0.2) is 8.42 Å². The topological polar surface area (TPSA) is 49.4 Å². The van der Waals surface area contributed by atoms with Crippen LogP contribution < -0.4 is 5.32 Å². The van der Waals surface area contributed by atoms with E-state index in [4.69, 9.17) is 0 Å². The first-order valence-corrected chi connectivity index (χ1v) is 8.54. The molecule has 5 heteroatoms. The van der Waals surface area contributed by atoms with E-state index in [0.29, 0.717) is 11.8 Å². The maximum atomic E-state index is 11.8. The van der Waals surface area contributed by atoms with E-state index in [1.165, 1.54) is 12.8 Å². The van der Waals surface area contributed by atoms with E-state index in [9.17, 15) is 8.42 Å². The highest BCUT2D eigenvalue weighted by molar-refractivity contribution is 7.92. The Labute approximate surface area is 104 Å². The van der Waals surface area contributed by atoms with Crippen LogP contribution in [-0.4, -0.2) is 56.5 Å². The van der Waals surface area contributed by atoms with Gasteiger partial charge in [-0.3, -0.25) is 4.90 Å². The van der Waals surface area contributed by atoms with E-state index in [1.54, 1.807) is 0 Å². The SMILES string of the molecule is O=S1(=O)CCCC1CN1CCNC(C2CC2)C1. The second-order valence-electron chi connectivity index (χ2n) is 5.79. The molecule has 17 heavy (non-hydrogen) atoms. The van der Waals surface area contributed by atoms with Gasteiger partial charge < -0.3 is 5.32 Å². The molecule has 0 aromatic carbocycles. The fourth-order valence-corrected chi connectivity index (χ4v) is 5.04. The Morgan fingerprint density at radius 2 is 2.06 bits per heavy atom. The van der Waals surface area contributed by atoms with Crippen molar-refractivity contribution in [1.82, 2.24) is 10.2 Å². The van der Waals surface area contributed by atoms with E-state index in [1.807, 2.05) is 0 Å². The maximum Gasteiger partial charge on any atom is 0.154 e. The number of hydrogen-bond acceptors (Lipinski definition) is 4. The summed E-state index contributed by atoms with van der Waals surface area (Å²) in [4.78, 5) is 2.37. The predicted molar refractivity (Wildman–Crippen MR) is 67.8 cm³/mol. The fourth-order valence-electron chi connectivity index (χ4n) is 3.17. The molecule has 2 aliphatic heterocycles. The molecule has 2 saturated heterocycles. The van der Waals surface area contributed by atoms with E-state index in [2.05, 4.69) is 10.2 Å². The molecule has 0 amide bonds. The van der Waals surface area contributed by atoms with E-state index < -0.39 is 9.84 Å². The van der Waals surface area contributed by atoms with Gasteiger partial charge in [-0.1, -0.05) is 0 Å². The van der Waals surface area contributed by atoms with E-state index in [-0.39, 0.29) is 5.25 Å². The van der Waals surface area contributed by atoms with Crippen LogP contribution in [0.1, 0.15) is 25.7 Å². The zero-order valence-electron chi connectivity index (χ0n) is 10.3. The van der Waals surface area contributed by atoms with E-state index >= 15 is 0 Å². The lowest BCUT2D eigenvalue weighted by Gasteiger charge is -2.35. The first-order valence-electron chi connectivity index (χ1n) is 6.82. The average Bonchev–Trinajstić information content (AvgIpc) is 3.07. The van der Waals surface area contributed by atoms with Gasteiger partial charge in [0, 0.05) is 32.2 Å². The molecular formula is C12H22N2O2S. The highest BCUT2D eigenvalue weighted by atomic mass is 32.2. The van der Waals surface area contributed by atoms with Crippen LogP contribution in [0.15, 0.2) is 0 Å². The quantitative estimate of drug-likeness (QED) is 0.788. The average molecular weight is 258 g/mol. The Hall–Kier alpha value is -0.130. The predicted octanol–water partition coefficient (Wildman–Crippen LogP) is 0.247. The van der Waals surface area contributed by atoms with Crippen LogP contribution in [0.25, 0.3) is 0 Å². The van der Waals surface area contributed by atoms with Crippen molar-refractivity contribution >= 4 is 9.84 Å². The van der Waals surface area contributed by atoms with Crippen molar-refractivity contribution in [2.45, 2.75) is 37.0 Å². The minimum atomic E-state index is -2.77. The summed E-state index contributed by atoms with van der Waals surface area (Å²) in [6.07, 6.45) is 4.45. The Balaban J connectivity index is 1.57. The first kappa shape index (κ1) is 11.9. The summed E-state index contributed by atoms with van der Waals surface area (Å²) in [5.41, 5.74) is 0. The molecule has 0 bridgehead atoms. The van der Waals surface area contributed by atoms with Crippen LogP contribution in [0.5, 0.6) is 0 Å². The second-order valence-corrected chi connectivity index (χ2v) is 8.19. The normalized spacial score (nSPS) is 38.4. The van der Waals surface area contributed by atoms with Gasteiger partial charge in [0.15, 0.2) is 9.84 Å². The van der Waals surface area contributed by atoms with Crippen molar-refractivity contribution in [3.63, 3.8) is 0 Å². The third kappa shape index (κ3) is 2.66. The molecule has 3 fully saturated rings. The summed E-state index contributed by atoms with van der Waals surface area (Å²) in [5.74, 6) is 1.27. The van der Waals surface area contributed by atoms with Crippen molar-refractivity contribution in [2.75, 3.05) is 31.9 Å². The van der Waals surface area contributed by atoms with Crippen molar-refractivity contribution in [3.8, 4) is 0 Å². The molecule has 3 aliphatic rings. The van der Waals surface area contributed by atoms with Crippen LogP contribution in [-0.2, 0) is 9.84 Å². The lowest BCUT2D eigenvalue weighted by Crippen LogP contribution is -2.53. The van der Waals surface area contributed by atoms with Gasteiger partial charge in [0.1, 0.15) is 0 Å². The molecular weight excluding hydrogens is 236 g/mol. The summed E-state index contributed by atoms with van der Waals surface area (Å²) in [6, 6.07) is 0.618. The monoisotopic (exact) mass is 258 g/mol. The Morgan fingerprint density at radius 1 is 1.24 bits per heavy atom. The Kier molecular flexibility index (Phi) is 3.17. The van der Waals surface area contributed by atoms with Crippen LogP contribution in [0, 0.1) is 5.92 Å². The number of sulfone groups is 1. The molecule has 2 unspecified atom stereocenters. The molecule has 1 aliphatic carbocycles. The van der Waals surface area contributed by atoms with Gasteiger partial charge in [0.05, 0.1) is 11.0 Å². The van der Waals surface area contributed by atoms with Gasteiger partial charge in [0.2, 0.25) is 0 Å². The van der Waals surface area contributed by atoms with Crippen LogP contribution in [0.3, 0.4) is 0 Å². The molecule has 0 aromatic rings. The maximum absolute atomic E-state index is 11.8.